The van der Waals surface area contributed by atoms with Gasteiger partial charge in [-0.1, -0.05) is 25.5 Å². The second-order valence-corrected chi connectivity index (χ2v) is 12.3. The first-order valence-corrected chi connectivity index (χ1v) is 13.2. The molecular weight excluding hydrogens is 436 g/mol. The van der Waals surface area contributed by atoms with Gasteiger partial charge in [0.2, 0.25) is 0 Å². The van der Waals surface area contributed by atoms with Crippen molar-refractivity contribution in [2.45, 2.75) is 95.9 Å². The Labute approximate surface area is 202 Å². The van der Waals surface area contributed by atoms with Crippen LogP contribution in [0, 0.1) is 28.6 Å². The molecule has 0 bridgehead atoms. The van der Waals surface area contributed by atoms with E-state index >= 15 is 0 Å². The highest BCUT2D eigenvalue weighted by Gasteiger charge is 2.73. The SMILES string of the molecule is CC(=O)O[C@H]1C[C@@]2(C)[C@@H](CC[C@]2(O)C2(C)OCCO2)[C@@H]2CC=C3CC4(CC[C@]3(C)[C@H]21)OCCO4. The van der Waals surface area contributed by atoms with Gasteiger partial charge in [-0.15, -0.1) is 0 Å². The van der Waals surface area contributed by atoms with Crippen molar-refractivity contribution in [1.82, 2.24) is 0 Å². The molecule has 4 aliphatic carbocycles. The molecule has 0 aromatic heterocycles. The van der Waals surface area contributed by atoms with Crippen molar-refractivity contribution in [2.24, 2.45) is 28.6 Å². The van der Waals surface area contributed by atoms with Crippen molar-refractivity contribution in [3.63, 3.8) is 0 Å². The van der Waals surface area contributed by atoms with Crippen LogP contribution in [0.5, 0.6) is 0 Å². The fourth-order valence-electron chi connectivity index (χ4n) is 9.27. The predicted molar refractivity (Wildman–Crippen MR) is 123 cm³/mol. The Kier molecular flexibility index (Phi) is 5.17. The third-order valence-electron chi connectivity index (χ3n) is 10.9. The number of esters is 1. The molecule has 2 heterocycles. The molecule has 7 atom stereocenters. The van der Waals surface area contributed by atoms with E-state index in [0.717, 1.165) is 32.1 Å². The minimum absolute atomic E-state index is 0.0735. The fourth-order valence-corrected chi connectivity index (χ4v) is 9.27. The monoisotopic (exact) mass is 476 g/mol. The first-order valence-electron chi connectivity index (χ1n) is 13.2. The number of carbonyl (C=O) groups excluding carboxylic acids is 1. The molecule has 3 saturated carbocycles. The van der Waals surface area contributed by atoms with Gasteiger partial charge in [-0.05, 0) is 56.3 Å². The molecule has 0 amide bonds. The second-order valence-electron chi connectivity index (χ2n) is 12.3. The molecule has 0 aromatic rings. The van der Waals surface area contributed by atoms with E-state index < -0.39 is 22.6 Å². The average molecular weight is 477 g/mol. The van der Waals surface area contributed by atoms with Crippen molar-refractivity contribution in [2.75, 3.05) is 26.4 Å². The van der Waals surface area contributed by atoms with E-state index in [4.69, 9.17) is 23.7 Å². The number of ether oxygens (including phenoxy) is 5. The first kappa shape index (κ1) is 23.4. The Morgan fingerprint density at radius 2 is 1.71 bits per heavy atom. The summed E-state index contributed by atoms with van der Waals surface area (Å²) in [5, 5.41) is 12.2. The summed E-state index contributed by atoms with van der Waals surface area (Å²) in [5.41, 5.74) is -0.277. The number of carbonyl (C=O) groups is 1. The molecule has 6 rings (SSSR count). The number of hydrogen-bond acceptors (Lipinski definition) is 7. The minimum atomic E-state index is -1.13. The molecule has 34 heavy (non-hydrogen) atoms. The lowest BCUT2D eigenvalue weighted by Gasteiger charge is -2.62. The summed E-state index contributed by atoms with van der Waals surface area (Å²) in [7, 11) is 0. The molecule has 7 heteroatoms. The summed E-state index contributed by atoms with van der Waals surface area (Å²) >= 11 is 0. The quantitative estimate of drug-likeness (QED) is 0.480. The average Bonchev–Trinajstić information content (AvgIpc) is 3.48. The largest absolute Gasteiger partial charge is 0.462 e. The van der Waals surface area contributed by atoms with Gasteiger partial charge in [-0.3, -0.25) is 4.79 Å². The zero-order valence-corrected chi connectivity index (χ0v) is 21.1. The third kappa shape index (κ3) is 2.97. The van der Waals surface area contributed by atoms with Crippen molar-refractivity contribution < 1.29 is 33.6 Å². The predicted octanol–water partition coefficient (Wildman–Crippen LogP) is 3.73. The lowest BCUT2D eigenvalue weighted by molar-refractivity contribution is -0.305. The summed E-state index contributed by atoms with van der Waals surface area (Å²) in [6.07, 6.45) is 7.90. The number of aliphatic hydroxyl groups is 1. The van der Waals surface area contributed by atoms with E-state index in [-0.39, 0.29) is 23.4 Å². The van der Waals surface area contributed by atoms with Crippen LogP contribution in [-0.2, 0) is 28.5 Å². The Hall–Kier alpha value is -0.990. The van der Waals surface area contributed by atoms with Crippen LogP contribution in [-0.4, -0.2) is 60.8 Å². The van der Waals surface area contributed by atoms with E-state index in [1.807, 2.05) is 6.92 Å². The van der Waals surface area contributed by atoms with Gasteiger partial charge >= 0.3 is 5.97 Å². The topological polar surface area (TPSA) is 83.5 Å². The maximum Gasteiger partial charge on any atom is 0.302 e. The molecule has 7 nitrogen and oxygen atoms in total. The lowest BCUT2D eigenvalue weighted by atomic mass is 9.45. The molecule has 0 unspecified atom stereocenters. The molecule has 2 aliphatic heterocycles. The van der Waals surface area contributed by atoms with E-state index in [9.17, 15) is 9.90 Å². The first-order chi connectivity index (χ1) is 16.1. The molecule has 190 valence electrons. The van der Waals surface area contributed by atoms with Crippen LogP contribution in [0.25, 0.3) is 0 Å². The van der Waals surface area contributed by atoms with Crippen LogP contribution in [0.1, 0.15) is 72.6 Å². The Morgan fingerprint density at radius 1 is 1.03 bits per heavy atom. The maximum absolute atomic E-state index is 12.3. The third-order valence-corrected chi connectivity index (χ3v) is 10.9. The van der Waals surface area contributed by atoms with Crippen LogP contribution in [0.2, 0.25) is 0 Å². The highest BCUT2D eigenvalue weighted by molar-refractivity contribution is 5.66. The Balaban J connectivity index is 1.39. The molecule has 1 N–H and O–H groups in total. The smallest absolute Gasteiger partial charge is 0.302 e. The van der Waals surface area contributed by atoms with Crippen molar-refractivity contribution in [3.05, 3.63) is 11.6 Å². The van der Waals surface area contributed by atoms with Crippen LogP contribution < -0.4 is 0 Å². The van der Waals surface area contributed by atoms with Gasteiger partial charge in [0.1, 0.15) is 11.7 Å². The zero-order valence-electron chi connectivity index (χ0n) is 21.1. The molecule has 5 fully saturated rings. The minimum Gasteiger partial charge on any atom is -0.462 e. The maximum atomic E-state index is 12.3. The summed E-state index contributed by atoms with van der Waals surface area (Å²) in [6.45, 7) is 10.3. The van der Waals surface area contributed by atoms with E-state index in [1.165, 1.54) is 12.5 Å². The van der Waals surface area contributed by atoms with Crippen LogP contribution in [0.15, 0.2) is 11.6 Å². The van der Waals surface area contributed by atoms with Gasteiger partial charge in [-0.2, -0.15) is 0 Å². The van der Waals surface area contributed by atoms with Gasteiger partial charge in [0.25, 0.3) is 0 Å². The van der Waals surface area contributed by atoms with E-state index in [1.54, 1.807) is 0 Å². The second kappa shape index (κ2) is 7.51. The van der Waals surface area contributed by atoms with Crippen LogP contribution >= 0.6 is 0 Å². The summed E-state index contributed by atoms with van der Waals surface area (Å²) in [5.74, 6) is -0.899. The number of allylic oxidation sites excluding steroid dienone is 1. The molecule has 0 radical (unpaired) electrons. The normalized spacial score (nSPS) is 48.7. The molecule has 6 aliphatic rings. The van der Waals surface area contributed by atoms with Gasteiger partial charge in [0.15, 0.2) is 11.6 Å². The number of hydrogen-bond donors (Lipinski definition) is 1. The molecule has 2 saturated heterocycles. The highest BCUT2D eigenvalue weighted by atomic mass is 16.8. The van der Waals surface area contributed by atoms with Crippen molar-refractivity contribution in [3.8, 4) is 0 Å². The van der Waals surface area contributed by atoms with Gasteiger partial charge in [0, 0.05) is 31.1 Å². The summed E-state index contributed by atoms with van der Waals surface area (Å²) < 4.78 is 30.3. The van der Waals surface area contributed by atoms with Crippen LogP contribution in [0.4, 0.5) is 0 Å². The van der Waals surface area contributed by atoms with E-state index in [2.05, 4.69) is 19.9 Å². The van der Waals surface area contributed by atoms with Crippen molar-refractivity contribution in [1.29, 1.82) is 0 Å². The summed E-state index contributed by atoms with van der Waals surface area (Å²) in [4.78, 5) is 12.3. The van der Waals surface area contributed by atoms with E-state index in [0.29, 0.717) is 51.1 Å². The zero-order chi connectivity index (χ0) is 24.0. The highest BCUT2D eigenvalue weighted by Crippen LogP contribution is 2.70. The standard InChI is InChI=1S/C27H40O7/c1-17(28)34-21-16-24(3)20(7-8-27(24,29)25(4)30-11-12-31-25)19-6-5-18-15-26(32-13-14-33-26)10-9-23(18,2)22(19)21/h5,19-22,29H,6-16H2,1-4H3/t19-,20-,21-,22+,23-,24-,27+/m0/s1. The molecular formula is C27H40O7. The van der Waals surface area contributed by atoms with Gasteiger partial charge in [0.05, 0.1) is 26.4 Å². The lowest BCUT2D eigenvalue weighted by Crippen LogP contribution is -2.66. The number of fused-ring (bicyclic) bond motifs is 5. The summed E-state index contributed by atoms with van der Waals surface area (Å²) in [6, 6.07) is 0. The number of rotatable bonds is 2. The Bertz CT molecular complexity index is 887. The molecule has 1 spiro atoms. The van der Waals surface area contributed by atoms with Gasteiger partial charge in [-0.25, -0.2) is 0 Å². The van der Waals surface area contributed by atoms with Gasteiger partial charge < -0.3 is 28.8 Å². The van der Waals surface area contributed by atoms with Crippen LogP contribution in [0.3, 0.4) is 0 Å². The van der Waals surface area contributed by atoms with Crippen molar-refractivity contribution >= 4 is 5.97 Å². The fraction of sp³-hybridized carbons (Fsp3) is 0.889. The molecule has 0 aromatic carbocycles. The Morgan fingerprint density at radius 3 is 2.38 bits per heavy atom.